The number of pyridine rings is 1. The summed E-state index contributed by atoms with van der Waals surface area (Å²) in [4.78, 5) is 40.2. The van der Waals surface area contributed by atoms with Crippen molar-refractivity contribution in [2.24, 2.45) is 0 Å². The number of carbonyl (C=O) groups excluding carboxylic acids is 2. The zero-order valence-electron chi connectivity index (χ0n) is 17.0. The van der Waals surface area contributed by atoms with Gasteiger partial charge in [-0.05, 0) is 26.3 Å². The minimum Gasteiger partial charge on any atom is -0.502 e. The molecule has 158 valence electrons. The third-order valence-electron chi connectivity index (χ3n) is 5.78. The maximum Gasteiger partial charge on any atom is 0.278 e. The molecule has 9 nitrogen and oxygen atoms in total. The Hall–Kier alpha value is -3.33. The highest BCUT2D eigenvalue weighted by molar-refractivity contribution is 6.00. The molecule has 2 amide bonds. The number of aryl methyl sites for hydroxylation is 1. The Bertz CT molecular complexity index is 1090. The Labute approximate surface area is 173 Å². The Balaban J connectivity index is 1.78. The van der Waals surface area contributed by atoms with Crippen LogP contribution in [0.3, 0.4) is 0 Å². The van der Waals surface area contributed by atoms with Crippen LogP contribution >= 0.6 is 0 Å². The summed E-state index contributed by atoms with van der Waals surface area (Å²) < 4.78 is 1.33. The van der Waals surface area contributed by atoms with Crippen molar-refractivity contribution >= 4 is 11.8 Å². The molecule has 2 aromatic rings. The minimum absolute atomic E-state index is 0.0326. The number of rotatable bonds is 4. The van der Waals surface area contributed by atoms with Gasteiger partial charge in [0.1, 0.15) is 17.8 Å². The monoisotopic (exact) mass is 412 g/mol. The third-order valence-corrected chi connectivity index (χ3v) is 5.78. The number of benzene rings is 1. The fourth-order valence-corrected chi connectivity index (χ4v) is 4.17. The number of amides is 2. The first-order valence-electron chi connectivity index (χ1n) is 9.87. The minimum atomic E-state index is -1.15. The molecule has 9 heteroatoms. The van der Waals surface area contributed by atoms with Crippen molar-refractivity contribution in [3.8, 4) is 5.75 Å². The number of nitrogens with zero attached hydrogens (tertiary/aromatic N) is 3. The molecule has 2 aliphatic heterocycles. The highest BCUT2D eigenvalue weighted by atomic mass is 16.3. The van der Waals surface area contributed by atoms with Gasteiger partial charge >= 0.3 is 0 Å². The van der Waals surface area contributed by atoms with Crippen LogP contribution in [0.1, 0.15) is 57.6 Å². The number of hydrogen-bond donors (Lipinski definition) is 3. The lowest BCUT2D eigenvalue weighted by Gasteiger charge is -2.42. The zero-order chi connectivity index (χ0) is 21.7. The lowest BCUT2D eigenvalue weighted by molar-refractivity contribution is 0.0607. The van der Waals surface area contributed by atoms with Gasteiger partial charge in [0.15, 0.2) is 11.4 Å². The van der Waals surface area contributed by atoms with Gasteiger partial charge in [-0.3, -0.25) is 19.4 Å². The van der Waals surface area contributed by atoms with Crippen molar-refractivity contribution in [3.63, 3.8) is 0 Å². The van der Waals surface area contributed by atoms with Crippen molar-refractivity contribution in [2.75, 3.05) is 18.1 Å². The summed E-state index contributed by atoms with van der Waals surface area (Å²) in [5.41, 5.74) is 0.434. The average Bonchev–Trinajstić information content (AvgIpc) is 3.05. The van der Waals surface area contributed by atoms with Gasteiger partial charge in [-0.2, -0.15) is 0 Å². The summed E-state index contributed by atoms with van der Waals surface area (Å²) >= 11 is 0. The number of aromatic hydroxyl groups is 1. The van der Waals surface area contributed by atoms with E-state index in [2.05, 4.69) is 5.32 Å². The standard InChI is InChI=1S/C21H24N4O5/c1-4-23-12(3)24-10-14(26)16-15(18(27)19(28)17(21(23)30)25(16)24)20(29)22-9-13-7-5-11(2)6-8-13/h5-8,12,14,26,28H,4,9-10H2,1-3H3,(H,22,29). The number of aliphatic hydroxyl groups is 1. The van der Waals surface area contributed by atoms with Crippen molar-refractivity contribution in [2.45, 2.75) is 39.6 Å². The van der Waals surface area contributed by atoms with E-state index < -0.39 is 35.3 Å². The molecule has 0 radical (unpaired) electrons. The molecule has 0 spiro atoms. The Morgan fingerprint density at radius 2 is 1.90 bits per heavy atom. The zero-order valence-corrected chi connectivity index (χ0v) is 17.0. The average molecular weight is 412 g/mol. The molecule has 2 atom stereocenters. The van der Waals surface area contributed by atoms with Gasteiger partial charge in [0.25, 0.3) is 11.8 Å². The summed E-state index contributed by atoms with van der Waals surface area (Å²) in [6.07, 6.45) is -1.56. The van der Waals surface area contributed by atoms with E-state index in [0.717, 1.165) is 11.1 Å². The number of aliphatic hydroxyl groups excluding tert-OH is 1. The lowest BCUT2D eigenvalue weighted by Crippen LogP contribution is -2.59. The fraction of sp³-hybridized carbons (Fsp3) is 0.381. The van der Waals surface area contributed by atoms with Gasteiger partial charge in [-0.25, -0.2) is 4.68 Å². The molecule has 1 aromatic heterocycles. The van der Waals surface area contributed by atoms with Gasteiger partial charge in [0.05, 0.1) is 12.2 Å². The summed E-state index contributed by atoms with van der Waals surface area (Å²) in [5, 5.41) is 25.6. The molecule has 0 bridgehead atoms. The van der Waals surface area contributed by atoms with E-state index in [1.54, 1.807) is 18.9 Å². The van der Waals surface area contributed by atoms with E-state index in [9.17, 15) is 24.6 Å². The maximum absolute atomic E-state index is 12.9. The first kappa shape index (κ1) is 20.0. The van der Waals surface area contributed by atoms with Crippen LogP contribution in [0.25, 0.3) is 0 Å². The highest BCUT2D eigenvalue weighted by Gasteiger charge is 2.46. The van der Waals surface area contributed by atoms with Crippen molar-refractivity contribution in [1.82, 2.24) is 14.9 Å². The van der Waals surface area contributed by atoms with Crippen molar-refractivity contribution in [1.29, 1.82) is 0 Å². The SMILES string of the molecule is CCN1C(=O)c2c(O)c(=O)c(C(=O)NCc3ccc(C)cc3)c3n2N(CC3O)C1C. The van der Waals surface area contributed by atoms with Crippen LogP contribution in [-0.2, 0) is 6.54 Å². The van der Waals surface area contributed by atoms with Crippen molar-refractivity contribution in [3.05, 3.63) is 62.6 Å². The second-order valence-corrected chi connectivity index (χ2v) is 7.63. The van der Waals surface area contributed by atoms with Gasteiger partial charge in [-0.1, -0.05) is 29.8 Å². The predicted molar refractivity (Wildman–Crippen MR) is 109 cm³/mol. The molecule has 2 aliphatic rings. The molecule has 30 heavy (non-hydrogen) atoms. The molecular formula is C21H24N4O5. The first-order valence-corrected chi connectivity index (χ1v) is 9.87. The lowest BCUT2D eigenvalue weighted by atomic mass is 10.1. The summed E-state index contributed by atoms with van der Waals surface area (Å²) in [6.45, 7) is 6.18. The smallest absolute Gasteiger partial charge is 0.278 e. The Morgan fingerprint density at radius 1 is 1.23 bits per heavy atom. The highest BCUT2D eigenvalue weighted by Crippen LogP contribution is 2.35. The molecule has 2 unspecified atom stereocenters. The van der Waals surface area contributed by atoms with Gasteiger partial charge < -0.3 is 20.4 Å². The van der Waals surface area contributed by atoms with E-state index >= 15 is 0 Å². The molecule has 4 rings (SSSR count). The van der Waals surface area contributed by atoms with E-state index in [-0.39, 0.29) is 30.0 Å². The number of carbonyl (C=O) groups is 2. The van der Waals surface area contributed by atoms with E-state index in [1.807, 2.05) is 31.2 Å². The molecule has 0 saturated heterocycles. The molecule has 0 aliphatic carbocycles. The first-order chi connectivity index (χ1) is 14.3. The van der Waals surface area contributed by atoms with Gasteiger partial charge in [-0.15, -0.1) is 0 Å². The fourth-order valence-electron chi connectivity index (χ4n) is 4.17. The van der Waals surface area contributed by atoms with Crippen LogP contribution in [0.4, 0.5) is 0 Å². The molecule has 0 fully saturated rings. The summed E-state index contributed by atoms with van der Waals surface area (Å²) in [5.74, 6) is -2.01. The molecule has 0 saturated carbocycles. The quantitative estimate of drug-likeness (QED) is 0.678. The van der Waals surface area contributed by atoms with Gasteiger partial charge in [0.2, 0.25) is 5.43 Å². The summed E-state index contributed by atoms with van der Waals surface area (Å²) in [7, 11) is 0. The number of nitrogens with one attached hydrogen (secondary N) is 1. The van der Waals surface area contributed by atoms with Crippen LogP contribution in [-0.4, -0.2) is 50.9 Å². The largest absolute Gasteiger partial charge is 0.502 e. The Morgan fingerprint density at radius 3 is 2.53 bits per heavy atom. The second-order valence-electron chi connectivity index (χ2n) is 7.63. The summed E-state index contributed by atoms with van der Waals surface area (Å²) in [6, 6.07) is 7.55. The number of aromatic nitrogens is 1. The van der Waals surface area contributed by atoms with E-state index in [1.165, 1.54) is 9.58 Å². The molecule has 3 N–H and O–H groups in total. The van der Waals surface area contributed by atoms with E-state index in [0.29, 0.717) is 6.54 Å². The maximum atomic E-state index is 12.9. The second kappa shape index (κ2) is 7.17. The van der Waals surface area contributed by atoms with Crippen LogP contribution < -0.4 is 15.8 Å². The van der Waals surface area contributed by atoms with Gasteiger partial charge in [0, 0.05) is 13.1 Å². The number of hydrogen-bond acceptors (Lipinski definition) is 6. The topological polar surface area (TPSA) is 115 Å². The van der Waals surface area contributed by atoms with Crippen LogP contribution in [0.5, 0.6) is 5.75 Å². The van der Waals surface area contributed by atoms with E-state index in [4.69, 9.17) is 0 Å². The van der Waals surface area contributed by atoms with Crippen LogP contribution in [0.2, 0.25) is 0 Å². The van der Waals surface area contributed by atoms with Crippen molar-refractivity contribution < 1.29 is 19.8 Å². The van der Waals surface area contributed by atoms with Crippen LogP contribution in [0.15, 0.2) is 29.1 Å². The normalized spacial score (nSPS) is 19.8. The van der Waals surface area contributed by atoms with Crippen LogP contribution in [0, 0.1) is 6.92 Å². The molecular weight excluding hydrogens is 388 g/mol. The molecule has 3 heterocycles. The third kappa shape index (κ3) is 2.85. The Kier molecular flexibility index (Phi) is 4.77. The molecule has 1 aromatic carbocycles. The predicted octanol–water partition coefficient (Wildman–Crippen LogP) is 0.599.